The van der Waals surface area contributed by atoms with Crippen molar-refractivity contribution >= 4 is 17.5 Å². The van der Waals surface area contributed by atoms with E-state index in [9.17, 15) is 4.79 Å². The molecular formula is C19H21ClN2O3. The predicted molar refractivity (Wildman–Crippen MR) is 97.6 cm³/mol. The van der Waals surface area contributed by atoms with Crippen LogP contribution in [-0.2, 0) is 0 Å². The molecule has 1 aliphatic rings. The van der Waals surface area contributed by atoms with E-state index in [1.165, 1.54) is 0 Å². The van der Waals surface area contributed by atoms with Crippen LogP contribution in [0.15, 0.2) is 42.5 Å². The molecule has 1 saturated heterocycles. The zero-order chi connectivity index (χ0) is 17.8. The Kier molecular flexibility index (Phi) is 5.46. The molecule has 25 heavy (non-hydrogen) atoms. The number of ether oxygens (including phenoxy) is 2. The lowest BCUT2D eigenvalue weighted by molar-refractivity contribution is 0.0630. The molecule has 1 heterocycles. The SMILES string of the molecule is COc1ccc(OC)c(C(=O)N2CCNCC2c2ccccc2Cl)c1. The number of methoxy groups -OCH3 is 2. The van der Waals surface area contributed by atoms with Gasteiger partial charge >= 0.3 is 0 Å². The topological polar surface area (TPSA) is 50.8 Å². The first-order valence-electron chi connectivity index (χ1n) is 8.14. The number of carbonyl (C=O) groups is 1. The zero-order valence-corrected chi connectivity index (χ0v) is 15.0. The number of piperazine rings is 1. The Balaban J connectivity index is 1.98. The quantitative estimate of drug-likeness (QED) is 0.910. The van der Waals surface area contributed by atoms with Gasteiger partial charge in [0.05, 0.1) is 25.8 Å². The van der Waals surface area contributed by atoms with E-state index >= 15 is 0 Å². The molecule has 0 saturated carbocycles. The average Bonchev–Trinajstić information content (AvgIpc) is 2.67. The van der Waals surface area contributed by atoms with Crippen LogP contribution in [0, 0.1) is 0 Å². The fourth-order valence-corrected chi connectivity index (χ4v) is 3.37. The Labute approximate surface area is 152 Å². The Hall–Kier alpha value is -2.24. The van der Waals surface area contributed by atoms with Gasteiger partial charge in [-0.1, -0.05) is 29.8 Å². The molecule has 0 aromatic heterocycles. The second kappa shape index (κ2) is 7.76. The minimum atomic E-state index is -0.133. The lowest BCUT2D eigenvalue weighted by atomic mass is 10.0. The van der Waals surface area contributed by atoms with Crippen molar-refractivity contribution in [1.29, 1.82) is 0 Å². The standard InChI is InChI=1S/C19H21ClN2O3/c1-24-13-7-8-18(25-2)15(11-13)19(23)22-10-9-21-12-17(22)14-5-3-4-6-16(14)20/h3-8,11,17,21H,9-10,12H2,1-2H3. The normalized spacial score (nSPS) is 17.2. The molecule has 1 aliphatic heterocycles. The minimum Gasteiger partial charge on any atom is -0.497 e. The average molecular weight is 361 g/mol. The predicted octanol–water partition coefficient (Wildman–Crippen LogP) is 3.14. The molecule has 1 unspecified atom stereocenters. The van der Waals surface area contributed by atoms with Crippen molar-refractivity contribution in [2.75, 3.05) is 33.9 Å². The minimum absolute atomic E-state index is 0.0952. The molecule has 6 heteroatoms. The lowest BCUT2D eigenvalue weighted by Gasteiger charge is -2.37. The van der Waals surface area contributed by atoms with Crippen LogP contribution in [0.5, 0.6) is 11.5 Å². The second-order valence-corrected chi connectivity index (χ2v) is 6.21. The molecule has 1 fully saturated rings. The maximum atomic E-state index is 13.3. The van der Waals surface area contributed by atoms with Crippen LogP contribution in [0.25, 0.3) is 0 Å². The third-order valence-corrected chi connectivity index (χ3v) is 4.75. The first-order valence-corrected chi connectivity index (χ1v) is 8.51. The van der Waals surface area contributed by atoms with Crippen molar-refractivity contribution < 1.29 is 14.3 Å². The Morgan fingerprint density at radius 3 is 2.72 bits per heavy atom. The van der Waals surface area contributed by atoms with Gasteiger partial charge in [0.15, 0.2) is 0 Å². The van der Waals surface area contributed by atoms with E-state index in [0.29, 0.717) is 35.2 Å². The summed E-state index contributed by atoms with van der Waals surface area (Å²) in [5.41, 5.74) is 1.42. The van der Waals surface area contributed by atoms with Gasteiger partial charge in [0.25, 0.3) is 5.91 Å². The second-order valence-electron chi connectivity index (χ2n) is 5.81. The summed E-state index contributed by atoms with van der Waals surface area (Å²) >= 11 is 6.37. The van der Waals surface area contributed by atoms with Gasteiger partial charge in [0.2, 0.25) is 0 Å². The number of nitrogens with zero attached hydrogens (tertiary/aromatic N) is 1. The smallest absolute Gasteiger partial charge is 0.258 e. The monoisotopic (exact) mass is 360 g/mol. The van der Waals surface area contributed by atoms with E-state index in [-0.39, 0.29) is 11.9 Å². The van der Waals surface area contributed by atoms with Gasteiger partial charge in [0.1, 0.15) is 11.5 Å². The highest BCUT2D eigenvalue weighted by Crippen LogP contribution is 2.32. The van der Waals surface area contributed by atoms with Crippen molar-refractivity contribution in [3.63, 3.8) is 0 Å². The van der Waals surface area contributed by atoms with Crippen molar-refractivity contribution in [3.05, 3.63) is 58.6 Å². The van der Waals surface area contributed by atoms with Gasteiger partial charge in [0, 0.05) is 24.7 Å². The zero-order valence-electron chi connectivity index (χ0n) is 14.3. The Bertz CT molecular complexity index is 766. The molecular weight excluding hydrogens is 340 g/mol. The van der Waals surface area contributed by atoms with Crippen LogP contribution in [-0.4, -0.2) is 44.7 Å². The van der Waals surface area contributed by atoms with Gasteiger partial charge in [-0.25, -0.2) is 0 Å². The van der Waals surface area contributed by atoms with Crippen molar-refractivity contribution in [1.82, 2.24) is 10.2 Å². The summed E-state index contributed by atoms with van der Waals surface area (Å²) in [5.74, 6) is 1.05. The van der Waals surface area contributed by atoms with Crippen LogP contribution >= 0.6 is 11.6 Å². The number of amides is 1. The van der Waals surface area contributed by atoms with E-state index in [4.69, 9.17) is 21.1 Å². The maximum absolute atomic E-state index is 13.3. The van der Waals surface area contributed by atoms with Gasteiger partial charge in [-0.3, -0.25) is 4.79 Å². The Morgan fingerprint density at radius 2 is 2.00 bits per heavy atom. The summed E-state index contributed by atoms with van der Waals surface area (Å²) in [5, 5.41) is 4.00. The number of halogens is 1. The van der Waals surface area contributed by atoms with Crippen LogP contribution in [0.2, 0.25) is 5.02 Å². The molecule has 2 aromatic rings. The van der Waals surface area contributed by atoms with E-state index in [1.54, 1.807) is 32.4 Å². The van der Waals surface area contributed by atoms with E-state index in [0.717, 1.165) is 12.1 Å². The van der Waals surface area contributed by atoms with Crippen LogP contribution in [0.1, 0.15) is 22.0 Å². The highest BCUT2D eigenvalue weighted by atomic mass is 35.5. The summed E-state index contributed by atoms with van der Waals surface area (Å²) < 4.78 is 10.6. The van der Waals surface area contributed by atoms with Crippen LogP contribution < -0.4 is 14.8 Å². The van der Waals surface area contributed by atoms with Crippen molar-refractivity contribution in [2.45, 2.75) is 6.04 Å². The van der Waals surface area contributed by atoms with E-state index in [2.05, 4.69) is 5.32 Å². The number of hydrogen-bond acceptors (Lipinski definition) is 4. The number of rotatable bonds is 4. The highest BCUT2D eigenvalue weighted by molar-refractivity contribution is 6.31. The molecule has 132 valence electrons. The molecule has 2 aromatic carbocycles. The summed E-state index contributed by atoms with van der Waals surface area (Å²) in [6, 6.07) is 12.7. The van der Waals surface area contributed by atoms with Crippen molar-refractivity contribution in [3.8, 4) is 11.5 Å². The summed E-state index contributed by atoms with van der Waals surface area (Å²) in [6.07, 6.45) is 0. The summed E-state index contributed by atoms with van der Waals surface area (Å²) in [7, 11) is 3.13. The summed E-state index contributed by atoms with van der Waals surface area (Å²) in [6.45, 7) is 1.98. The molecule has 5 nitrogen and oxygen atoms in total. The largest absolute Gasteiger partial charge is 0.497 e. The first-order chi connectivity index (χ1) is 12.2. The number of carbonyl (C=O) groups excluding carboxylic acids is 1. The fraction of sp³-hybridized carbons (Fsp3) is 0.316. The third-order valence-electron chi connectivity index (χ3n) is 4.41. The number of hydrogen-bond donors (Lipinski definition) is 1. The molecule has 0 bridgehead atoms. The molecule has 1 atom stereocenters. The van der Waals surface area contributed by atoms with Crippen molar-refractivity contribution in [2.24, 2.45) is 0 Å². The van der Waals surface area contributed by atoms with Gasteiger partial charge < -0.3 is 19.7 Å². The van der Waals surface area contributed by atoms with Gasteiger partial charge in [-0.2, -0.15) is 0 Å². The molecule has 0 aliphatic carbocycles. The third kappa shape index (κ3) is 3.57. The maximum Gasteiger partial charge on any atom is 0.258 e. The number of benzene rings is 2. The molecule has 1 N–H and O–H groups in total. The number of nitrogens with one attached hydrogen (secondary N) is 1. The van der Waals surface area contributed by atoms with E-state index in [1.807, 2.05) is 29.2 Å². The summed E-state index contributed by atoms with van der Waals surface area (Å²) in [4.78, 5) is 15.1. The molecule has 3 rings (SSSR count). The lowest BCUT2D eigenvalue weighted by Crippen LogP contribution is -2.48. The highest BCUT2D eigenvalue weighted by Gasteiger charge is 2.31. The van der Waals surface area contributed by atoms with Gasteiger partial charge in [-0.15, -0.1) is 0 Å². The fourth-order valence-electron chi connectivity index (χ4n) is 3.11. The first kappa shape index (κ1) is 17.6. The van der Waals surface area contributed by atoms with Crippen LogP contribution in [0.3, 0.4) is 0 Å². The Morgan fingerprint density at radius 1 is 1.20 bits per heavy atom. The molecule has 0 spiro atoms. The molecule has 0 radical (unpaired) electrons. The van der Waals surface area contributed by atoms with Crippen LogP contribution in [0.4, 0.5) is 0 Å². The molecule has 1 amide bonds. The van der Waals surface area contributed by atoms with Gasteiger partial charge in [-0.05, 0) is 29.8 Å². The van der Waals surface area contributed by atoms with E-state index < -0.39 is 0 Å².